The first-order valence-electron chi connectivity index (χ1n) is 12.8. The lowest BCUT2D eigenvalue weighted by Gasteiger charge is -2.32. The summed E-state index contributed by atoms with van der Waals surface area (Å²) in [7, 11) is 0. The van der Waals surface area contributed by atoms with Crippen molar-refractivity contribution in [1.82, 2.24) is 25.2 Å². The third-order valence-electron chi connectivity index (χ3n) is 6.71. The number of carbonyl (C=O) groups excluding carboxylic acids is 2. The molecule has 2 aromatic heterocycles. The van der Waals surface area contributed by atoms with E-state index in [0.717, 1.165) is 31.2 Å². The number of aromatic nitrogens is 3. The highest BCUT2D eigenvalue weighted by Crippen LogP contribution is 2.32. The number of benzene rings is 2. The standard InChI is InChI=1S/C28H31N5O4/c1-2-36-25-16-8-5-13-22(25)27(28(35)29-20-10-3-4-11-20)32(18-21-12-9-17-37-21)26(34)19-33-24-15-7-6-14-23(24)30-31-33/h5-9,12-17,20,27H,2-4,10-11,18-19H2,1H3,(H,29,35). The average Bonchev–Trinajstić information content (AvgIpc) is 3.68. The molecule has 1 atom stereocenters. The molecule has 0 bridgehead atoms. The van der Waals surface area contributed by atoms with Gasteiger partial charge in [-0.1, -0.05) is 48.4 Å². The van der Waals surface area contributed by atoms with E-state index in [1.165, 1.54) is 0 Å². The van der Waals surface area contributed by atoms with Crippen molar-refractivity contribution in [2.45, 2.75) is 57.8 Å². The molecule has 0 radical (unpaired) electrons. The van der Waals surface area contributed by atoms with Crippen molar-refractivity contribution in [2.75, 3.05) is 6.61 Å². The molecule has 4 aromatic rings. The van der Waals surface area contributed by atoms with E-state index in [1.54, 1.807) is 28.0 Å². The summed E-state index contributed by atoms with van der Waals surface area (Å²) in [5.41, 5.74) is 2.07. The van der Waals surface area contributed by atoms with Crippen LogP contribution in [0.1, 0.15) is 50.0 Å². The van der Waals surface area contributed by atoms with Gasteiger partial charge in [-0.3, -0.25) is 9.59 Å². The summed E-state index contributed by atoms with van der Waals surface area (Å²) in [6, 6.07) is 17.6. The summed E-state index contributed by atoms with van der Waals surface area (Å²) in [6.07, 6.45) is 5.59. The van der Waals surface area contributed by atoms with Crippen LogP contribution in [0.2, 0.25) is 0 Å². The first kappa shape index (κ1) is 24.5. The van der Waals surface area contributed by atoms with Crippen molar-refractivity contribution in [3.05, 3.63) is 78.3 Å². The van der Waals surface area contributed by atoms with Gasteiger partial charge >= 0.3 is 0 Å². The number of ether oxygens (including phenoxy) is 1. The second-order valence-electron chi connectivity index (χ2n) is 9.20. The van der Waals surface area contributed by atoms with E-state index in [1.807, 2.05) is 55.5 Å². The summed E-state index contributed by atoms with van der Waals surface area (Å²) < 4.78 is 13.1. The number of hydrogen-bond acceptors (Lipinski definition) is 6. The molecule has 9 heteroatoms. The minimum atomic E-state index is -0.921. The van der Waals surface area contributed by atoms with Crippen molar-refractivity contribution in [3.63, 3.8) is 0 Å². The summed E-state index contributed by atoms with van der Waals surface area (Å²) in [5, 5.41) is 11.6. The summed E-state index contributed by atoms with van der Waals surface area (Å²) in [5.74, 6) is 0.622. The third kappa shape index (κ3) is 5.50. The van der Waals surface area contributed by atoms with Gasteiger partial charge in [0.2, 0.25) is 11.8 Å². The normalized spacial score (nSPS) is 14.5. The zero-order valence-electron chi connectivity index (χ0n) is 20.9. The lowest BCUT2D eigenvalue weighted by atomic mass is 10.0. The van der Waals surface area contributed by atoms with Crippen LogP contribution in [0.25, 0.3) is 11.0 Å². The van der Waals surface area contributed by atoms with E-state index < -0.39 is 6.04 Å². The highest BCUT2D eigenvalue weighted by Gasteiger charge is 2.36. The molecular formula is C28H31N5O4. The van der Waals surface area contributed by atoms with Crippen molar-refractivity contribution in [1.29, 1.82) is 0 Å². The van der Waals surface area contributed by atoms with E-state index >= 15 is 0 Å². The maximum Gasteiger partial charge on any atom is 0.247 e. The second-order valence-corrected chi connectivity index (χ2v) is 9.20. The Morgan fingerprint density at radius 2 is 1.89 bits per heavy atom. The first-order chi connectivity index (χ1) is 18.1. The van der Waals surface area contributed by atoms with Crippen LogP contribution in [0, 0.1) is 0 Å². The lowest BCUT2D eigenvalue weighted by Crippen LogP contribution is -2.46. The molecule has 1 N–H and O–H groups in total. The number of amides is 2. The Bertz CT molecular complexity index is 1340. The van der Waals surface area contributed by atoms with Gasteiger partial charge in [-0.2, -0.15) is 0 Å². The van der Waals surface area contributed by atoms with Crippen molar-refractivity contribution in [2.24, 2.45) is 0 Å². The average molecular weight is 502 g/mol. The van der Waals surface area contributed by atoms with Gasteiger partial charge in [0.05, 0.1) is 24.9 Å². The molecule has 1 unspecified atom stereocenters. The Morgan fingerprint density at radius 3 is 2.68 bits per heavy atom. The van der Waals surface area contributed by atoms with Crippen molar-refractivity contribution in [3.8, 4) is 5.75 Å². The molecule has 0 aliphatic heterocycles. The van der Waals surface area contributed by atoms with Crippen molar-refractivity contribution >= 4 is 22.8 Å². The van der Waals surface area contributed by atoms with Gasteiger partial charge in [0.25, 0.3) is 0 Å². The van der Waals surface area contributed by atoms with Gasteiger partial charge in [0.1, 0.15) is 29.6 Å². The highest BCUT2D eigenvalue weighted by molar-refractivity contribution is 5.90. The van der Waals surface area contributed by atoms with E-state index in [9.17, 15) is 9.59 Å². The monoisotopic (exact) mass is 501 g/mol. The highest BCUT2D eigenvalue weighted by atomic mass is 16.5. The Hall–Kier alpha value is -4.14. The minimum Gasteiger partial charge on any atom is -0.494 e. The summed E-state index contributed by atoms with van der Waals surface area (Å²) in [6.45, 7) is 2.37. The fourth-order valence-corrected chi connectivity index (χ4v) is 4.94. The van der Waals surface area contributed by atoms with Gasteiger partial charge < -0.3 is 19.4 Å². The number of carbonyl (C=O) groups is 2. The summed E-state index contributed by atoms with van der Waals surface area (Å²) >= 11 is 0. The van der Waals surface area contributed by atoms with E-state index in [4.69, 9.17) is 9.15 Å². The minimum absolute atomic E-state index is 0.0781. The van der Waals surface area contributed by atoms with Gasteiger partial charge in [-0.25, -0.2) is 4.68 Å². The van der Waals surface area contributed by atoms with Gasteiger partial charge in [-0.05, 0) is 50.1 Å². The van der Waals surface area contributed by atoms with Crippen LogP contribution in [0.4, 0.5) is 0 Å². The number of hydrogen-bond donors (Lipinski definition) is 1. The van der Waals surface area contributed by atoms with E-state index in [-0.39, 0.29) is 30.9 Å². The Balaban J connectivity index is 1.54. The molecule has 1 aliphatic carbocycles. The van der Waals surface area contributed by atoms with Crippen LogP contribution >= 0.6 is 0 Å². The van der Waals surface area contributed by atoms with Crippen LogP contribution in [-0.2, 0) is 22.7 Å². The van der Waals surface area contributed by atoms with Crippen LogP contribution < -0.4 is 10.1 Å². The van der Waals surface area contributed by atoms with Gasteiger partial charge in [0.15, 0.2) is 0 Å². The second kappa shape index (κ2) is 11.3. The molecule has 192 valence electrons. The Labute approximate surface area is 215 Å². The molecule has 5 rings (SSSR count). The van der Waals surface area contributed by atoms with Crippen LogP contribution in [0.15, 0.2) is 71.3 Å². The molecule has 2 aromatic carbocycles. The predicted molar refractivity (Wildman–Crippen MR) is 138 cm³/mol. The first-order valence-corrected chi connectivity index (χ1v) is 12.8. The SMILES string of the molecule is CCOc1ccccc1C(C(=O)NC1CCCC1)N(Cc1ccco1)C(=O)Cn1nnc2ccccc21. The van der Waals surface area contributed by atoms with Crippen LogP contribution in [-0.4, -0.2) is 44.4 Å². The van der Waals surface area contributed by atoms with Gasteiger partial charge in [-0.15, -0.1) is 5.10 Å². The maximum atomic E-state index is 14.0. The number of furan rings is 1. The molecule has 1 fully saturated rings. The molecule has 2 heterocycles. The number of rotatable bonds is 10. The fourth-order valence-electron chi connectivity index (χ4n) is 4.94. The number of para-hydroxylation sites is 2. The van der Waals surface area contributed by atoms with Crippen LogP contribution in [0.5, 0.6) is 5.75 Å². The Kier molecular flexibility index (Phi) is 7.49. The lowest BCUT2D eigenvalue weighted by molar-refractivity contribution is -0.142. The number of nitrogens with one attached hydrogen (secondary N) is 1. The quantitative estimate of drug-likeness (QED) is 0.349. The summed E-state index contributed by atoms with van der Waals surface area (Å²) in [4.78, 5) is 29.5. The Morgan fingerprint density at radius 1 is 1.11 bits per heavy atom. The molecule has 1 saturated carbocycles. The van der Waals surface area contributed by atoms with Crippen LogP contribution in [0.3, 0.4) is 0 Å². The largest absolute Gasteiger partial charge is 0.494 e. The zero-order valence-corrected chi connectivity index (χ0v) is 20.9. The molecule has 37 heavy (non-hydrogen) atoms. The van der Waals surface area contributed by atoms with Crippen molar-refractivity contribution < 1.29 is 18.7 Å². The molecule has 1 aliphatic rings. The third-order valence-corrected chi connectivity index (χ3v) is 6.71. The molecule has 0 saturated heterocycles. The molecule has 2 amide bonds. The maximum absolute atomic E-state index is 14.0. The predicted octanol–water partition coefficient (Wildman–Crippen LogP) is 4.25. The van der Waals surface area contributed by atoms with Gasteiger partial charge in [0, 0.05) is 11.6 Å². The zero-order chi connectivity index (χ0) is 25.6. The smallest absolute Gasteiger partial charge is 0.247 e. The fraction of sp³-hybridized carbons (Fsp3) is 0.357. The number of fused-ring (bicyclic) bond motifs is 1. The number of nitrogens with zero attached hydrogens (tertiary/aromatic N) is 4. The molecular weight excluding hydrogens is 470 g/mol. The molecule has 9 nitrogen and oxygen atoms in total. The molecule has 0 spiro atoms. The van der Waals surface area contributed by atoms with E-state index in [0.29, 0.717) is 29.2 Å². The van der Waals surface area contributed by atoms with E-state index in [2.05, 4.69) is 15.6 Å². The topological polar surface area (TPSA) is 102 Å².